The Balaban J connectivity index is 1.83. The Morgan fingerprint density at radius 1 is 0.385 bits per heavy atom. The lowest BCUT2D eigenvalue weighted by Crippen LogP contribution is -2.29. The van der Waals surface area contributed by atoms with Crippen LogP contribution in [-0.4, -0.2) is 5.11 Å². The number of hydrogen-bond acceptors (Lipinski definition) is 1. The molecule has 0 bridgehead atoms. The minimum Gasteiger partial charge on any atom is -0.508 e. The molecule has 0 aliphatic rings. The summed E-state index contributed by atoms with van der Waals surface area (Å²) < 4.78 is 0. The fourth-order valence-corrected chi connectivity index (χ4v) is 8.85. The number of benzene rings is 4. The van der Waals surface area contributed by atoms with Crippen LogP contribution in [0.3, 0.4) is 0 Å². The highest BCUT2D eigenvalue weighted by Crippen LogP contribution is 2.42. The number of aromatic hydroxyl groups is 1. The third-order valence-electron chi connectivity index (χ3n) is 11.8. The molecule has 0 amide bonds. The zero-order chi connectivity index (χ0) is 37.8. The van der Waals surface area contributed by atoms with E-state index in [4.69, 9.17) is 0 Å². The van der Waals surface area contributed by atoms with Crippen molar-refractivity contribution in [2.24, 2.45) is 0 Å². The van der Waals surface area contributed by atoms with Gasteiger partial charge in [-0.15, -0.1) is 0 Å². The van der Waals surface area contributed by atoms with Gasteiger partial charge in [-0.25, -0.2) is 0 Å². The van der Waals surface area contributed by atoms with E-state index in [9.17, 15) is 5.11 Å². The maximum Gasteiger partial charge on any atom is 0.119 e. The van der Waals surface area contributed by atoms with E-state index in [-0.39, 0.29) is 16.2 Å². The minimum absolute atomic E-state index is 0.0601. The number of phenolic OH excluding ortho intramolecular Hbond substituents is 1. The zero-order valence-electron chi connectivity index (χ0n) is 34.6. The van der Waals surface area contributed by atoms with Gasteiger partial charge in [-0.1, -0.05) is 180 Å². The fraction of sp³-hybridized carbons (Fsp3) is 0.529. The predicted octanol–water partition coefficient (Wildman–Crippen LogP) is 14.2. The van der Waals surface area contributed by atoms with Gasteiger partial charge in [-0.05, 0) is 130 Å². The second kappa shape index (κ2) is 19.1. The van der Waals surface area contributed by atoms with E-state index in [1.807, 2.05) is 6.07 Å². The Morgan fingerprint density at radius 3 is 1.12 bits per heavy atom. The van der Waals surface area contributed by atoms with Crippen LogP contribution in [-0.2, 0) is 54.8 Å². The average molecular weight is 701 g/mol. The maximum absolute atomic E-state index is 11.9. The summed E-state index contributed by atoms with van der Waals surface area (Å²) in [5.74, 6) is 0.445. The average Bonchev–Trinajstić information content (AvgIpc) is 3.12. The molecule has 282 valence electrons. The van der Waals surface area contributed by atoms with Crippen LogP contribution in [0.4, 0.5) is 0 Å². The van der Waals surface area contributed by atoms with Crippen molar-refractivity contribution in [2.75, 3.05) is 0 Å². The fourth-order valence-electron chi connectivity index (χ4n) is 8.85. The van der Waals surface area contributed by atoms with Crippen molar-refractivity contribution >= 4 is 0 Å². The van der Waals surface area contributed by atoms with Gasteiger partial charge in [0, 0.05) is 0 Å². The number of unbranched alkanes of at least 4 members (excludes halogenated alkanes) is 6. The highest BCUT2D eigenvalue weighted by Gasteiger charge is 2.33. The van der Waals surface area contributed by atoms with Gasteiger partial charge in [0.05, 0.1) is 0 Å². The Labute approximate surface area is 319 Å². The Morgan fingerprint density at radius 2 is 0.731 bits per heavy atom. The first-order valence-electron chi connectivity index (χ1n) is 20.9. The number of phenols is 1. The lowest BCUT2D eigenvalue weighted by atomic mass is 9.69. The number of hydrogen-bond donors (Lipinski definition) is 1. The molecule has 0 spiro atoms. The second-order valence-electron chi connectivity index (χ2n) is 17.7. The Kier molecular flexibility index (Phi) is 15.3. The summed E-state index contributed by atoms with van der Waals surface area (Å²) in [6, 6.07) is 31.7. The van der Waals surface area contributed by atoms with Crippen molar-refractivity contribution in [2.45, 2.75) is 175 Å². The van der Waals surface area contributed by atoms with Crippen LogP contribution in [0.2, 0.25) is 0 Å². The highest BCUT2D eigenvalue weighted by atomic mass is 16.3. The first-order chi connectivity index (χ1) is 24.8. The molecule has 0 aliphatic carbocycles. The molecule has 1 N–H and O–H groups in total. The summed E-state index contributed by atoms with van der Waals surface area (Å²) in [5, 5.41) is 11.9. The third kappa shape index (κ3) is 10.9. The molecule has 0 aliphatic heterocycles. The summed E-state index contributed by atoms with van der Waals surface area (Å²) in [5.41, 5.74) is 12.3. The zero-order valence-corrected chi connectivity index (χ0v) is 34.6. The van der Waals surface area contributed by atoms with Gasteiger partial charge in [0.15, 0.2) is 0 Å². The normalized spacial score (nSPS) is 12.4. The van der Waals surface area contributed by atoms with Crippen molar-refractivity contribution in [3.63, 3.8) is 0 Å². The van der Waals surface area contributed by atoms with Crippen LogP contribution in [0, 0.1) is 0 Å². The first-order valence-corrected chi connectivity index (χ1v) is 20.9. The minimum atomic E-state index is -0.142. The summed E-state index contributed by atoms with van der Waals surface area (Å²) in [4.78, 5) is 0. The molecular formula is C51H72O. The maximum atomic E-state index is 11.9. The Hall–Kier alpha value is -3.32. The molecular weight excluding hydrogens is 629 g/mol. The van der Waals surface area contributed by atoms with Crippen molar-refractivity contribution in [3.05, 3.63) is 135 Å². The van der Waals surface area contributed by atoms with Gasteiger partial charge >= 0.3 is 0 Å². The molecule has 0 fully saturated rings. The molecule has 52 heavy (non-hydrogen) atoms. The molecule has 0 unspecified atom stereocenters. The largest absolute Gasteiger partial charge is 0.508 e. The van der Waals surface area contributed by atoms with Crippen LogP contribution >= 0.6 is 0 Å². The lowest BCUT2D eigenvalue weighted by Gasteiger charge is -2.35. The summed E-state index contributed by atoms with van der Waals surface area (Å²) in [7, 11) is 0. The molecule has 0 heterocycles. The van der Waals surface area contributed by atoms with E-state index < -0.39 is 0 Å². The monoisotopic (exact) mass is 701 g/mol. The van der Waals surface area contributed by atoms with Gasteiger partial charge in [-0.3, -0.25) is 0 Å². The molecule has 0 saturated heterocycles. The predicted molar refractivity (Wildman–Crippen MR) is 227 cm³/mol. The van der Waals surface area contributed by atoms with E-state index in [0.29, 0.717) is 5.75 Å². The smallest absolute Gasteiger partial charge is 0.119 e. The summed E-state index contributed by atoms with van der Waals surface area (Å²) in [6.45, 7) is 21.4. The lowest BCUT2D eigenvalue weighted by molar-refractivity contribution is 0.438. The van der Waals surface area contributed by atoms with E-state index in [2.05, 4.69) is 141 Å². The van der Waals surface area contributed by atoms with Crippen LogP contribution in [0.5, 0.6) is 5.75 Å². The van der Waals surface area contributed by atoms with Gasteiger partial charge in [0.1, 0.15) is 5.75 Å². The second-order valence-corrected chi connectivity index (χ2v) is 17.7. The van der Waals surface area contributed by atoms with Crippen molar-refractivity contribution in [1.29, 1.82) is 0 Å². The SMILES string of the molecule is CCCCCc1ccccc1C(C)(C)Cc1ccc(O)c(CC(C)(C)c2ccccc2CCCCC)c1CC(C)(C)c1ccccc1CCCCC. The molecule has 0 aromatic heterocycles. The topological polar surface area (TPSA) is 20.2 Å². The number of rotatable bonds is 21. The first kappa shape index (κ1) is 41.4. The van der Waals surface area contributed by atoms with Crippen molar-refractivity contribution in [1.82, 2.24) is 0 Å². The molecule has 1 heteroatoms. The van der Waals surface area contributed by atoms with Gasteiger partial charge in [-0.2, -0.15) is 0 Å². The van der Waals surface area contributed by atoms with Crippen LogP contribution < -0.4 is 0 Å². The van der Waals surface area contributed by atoms with Crippen molar-refractivity contribution < 1.29 is 5.11 Å². The van der Waals surface area contributed by atoms with E-state index in [0.717, 1.165) is 44.1 Å². The van der Waals surface area contributed by atoms with Crippen LogP contribution in [0.15, 0.2) is 84.9 Å². The standard InChI is InChI=1S/C51H72O/c1-10-13-16-25-39-28-19-22-31-45(39)49(4,5)36-42-34-35-48(52)44(38-51(8,9)47-33-24-21-30-41(47)27-18-15-12-3)43(42)37-50(6,7)46-32-23-20-29-40(46)26-17-14-11-2/h19-24,28-35,52H,10-18,25-27,36-38H2,1-9H3. The van der Waals surface area contributed by atoms with Gasteiger partial charge in [0.25, 0.3) is 0 Å². The van der Waals surface area contributed by atoms with Crippen LogP contribution in [0.1, 0.15) is 170 Å². The van der Waals surface area contributed by atoms with E-state index in [1.165, 1.54) is 102 Å². The molecule has 4 aromatic carbocycles. The highest BCUT2D eigenvalue weighted by molar-refractivity contribution is 5.50. The van der Waals surface area contributed by atoms with E-state index >= 15 is 0 Å². The van der Waals surface area contributed by atoms with E-state index in [1.54, 1.807) is 0 Å². The molecule has 0 radical (unpaired) electrons. The van der Waals surface area contributed by atoms with Crippen molar-refractivity contribution in [3.8, 4) is 5.75 Å². The molecule has 1 nitrogen and oxygen atoms in total. The number of aryl methyl sites for hydroxylation is 3. The van der Waals surface area contributed by atoms with Crippen LogP contribution in [0.25, 0.3) is 0 Å². The van der Waals surface area contributed by atoms with Gasteiger partial charge < -0.3 is 5.11 Å². The molecule has 4 aromatic rings. The molecule has 0 atom stereocenters. The molecule has 0 saturated carbocycles. The quantitative estimate of drug-likeness (QED) is 0.0858. The van der Waals surface area contributed by atoms with Gasteiger partial charge in [0.2, 0.25) is 0 Å². The molecule has 4 rings (SSSR count). The Bertz CT molecular complexity index is 1690. The third-order valence-corrected chi connectivity index (χ3v) is 11.8. The summed E-state index contributed by atoms with van der Waals surface area (Å²) in [6.07, 6.45) is 17.2. The summed E-state index contributed by atoms with van der Waals surface area (Å²) >= 11 is 0.